The van der Waals surface area contributed by atoms with Crippen molar-refractivity contribution < 1.29 is 5.11 Å². The highest BCUT2D eigenvalue weighted by Gasteiger charge is 2.59. The van der Waals surface area contributed by atoms with Gasteiger partial charge in [0.1, 0.15) is 0 Å². The quantitative estimate of drug-likeness (QED) is 0.446. The fraction of sp³-hybridized carbons (Fsp3) is 0.931. The van der Waals surface area contributed by atoms with Crippen molar-refractivity contribution in [2.75, 3.05) is 0 Å². The summed E-state index contributed by atoms with van der Waals surface area (Å²) in [6.07, 6.45) is 17.2. The Kier molecular flexibility index (Phi) is 7.85. The molecule has 0 spiro atoms. The molecule has 0 bridgehead atoms. The highest BCUT2D eigenvalue weighted by Crippen LogP contribution is 2.67. The van der Waals surface area contributed by atoms with Gasteiger partial charge >= 0.3 is 0 Å². The third-order valence-corrected chi connectivity index (χ3v) is 10.3. The van der Waals surface area contributed by atoms with Crippen molar-refractivity contribution in [3.63, 3.8) is 0 Å². The molecular weight excluding hydrogens is 364 g/mol. The van der Waals surface area contributed by atoms with Gasteiger partial charge in [-0.3, -0.25) is 0 Å². The first-order valence-corrected chi connectivity index (χ1v) is 13.6. The van der Waals surface area contributed by atoms with E-state index in [2.05, 4.69) is 40.7 Å². The molecule has 0 heterocycles. The van der Waals surface area contributed by atoms with Crippen molar-refractivity contribution in [3.8, 4) is 0 Å². The molecule has 174 valence electrons. The number of fused-ring (bicyclic) bond motifs is 5. The molecule has 1 heteroatoms. The lowest BCUT2D eigenvalue weighted by atomic mass is 9.47. The lowest BCUT2D eigenvalue weighted by molar-refractivity contribution is -0.0573. The van der Waals surface area contributed by atoms with E-state index in [0.717, 1.165) is 48.3 Å². The van der Waals surface area contributed by atoms with Crippen molar-refractivity contribution >= 4 is 0 Å². The van der Waals surface area contributed by atoms with Gasteiger partial charge in [-0.15, -0.1) is 0 Å². The van der Waals surface area contributed by atoms with Crippen LogP contribution in [-0.4, -0.2) is 11.2 Å². The summed E-state index contributed by atoms with van der Waals surface area (Å²) in [5.74, 6) is 5.46. The number of allylic oxidation sites excluding steroid dienone is 1. The van der Waals surface area contributed by atoms with Crippen LogP contribution >= 0.6 is 0 Å². The topological polar surface area (TPSA) is 20.2 Å². The summed E-state index contributed by atoms with van der Waals surface area (Å²) in [5.41, 5.74) is 2.60. The standard InChI is InChI=1S/C27H46O.C2H6/c1-18(2)7-6-8-19(3)23-11-12-24-22-10-9-20-17-21(28)13-15-26(20,4)25(22)14-16-27(23,24)5;1-2/h9,18-19,21-25,28H,6-8,10-17H2,1-5H3;1-2H3/t19-,21+,22?,23?,24?,25?,26+,27-;/m1./s1. The molecule has 30 heavy (non-hydrogen) atoms. The van der Waals surface area contributed by atoms with E-state index in [1.54, 1.807) is 5.57 Å². The Morgan fingerprint density at radius 3 is 2.40 bits per heavy atom. The molecule has 1 nitrogen and oxygen atoms in total. The Bertz CT molecular complexity index is 591. The smallest absolute Gasteiger partial charge is 0.0577 e. The number of rotatable bonds is 5. The van der Waals surface area contributed by atoms with Crippen LogP contribution < -0.4 is 0 Å². The molecule has 4 aliphatic carbocycles. The number of aliphatic hydroxyl groups is 1. The largest absolute Gasteiger partial charge is 0.393 e. The third-order valence-electron chi connectivity index (χ3n) is 10.3. The summed E-state index contributed by atoms with van der Waals surface area (Å²) >= 11 is 0. The normalized spacial score (nSPS) is 43.6. The molecule has 4 rings (SSSR count). The van der Waals surface area contributed by atoms with E-state index >= 15 is 0 Å². The van der Waals surface area contributed by atoms with Crippen molar-refractivity contribution in [1.29, 1.82) is 0 Å². The van der Waals surface area contributed by atoms with Gasteiger partial charge < -0.3 is 5.11 Å². The molecule has 0 radical (unpaired) electrons. The molecular formula is C29H52O. The van der Waals surface area contributed by atoms with E-state index in [4.69, 9.17) is 0 Å². The molecule has 0 aromatic heterocycles. The van der Waals surface area contributed by atoms with Gasteiger partial charge in [0, 0.05) is 0 Å². The van der Waals surface area contributed by atoms with Gasteiger partial charge in [0.25, 0.3) is 0 Å². The molecule has 0 aliphatic heterocycles. The van der Waals surface area contributed by atoms with E-state index in [-0.39, 0.29) is 6.10 Å². The molecule has 4 aliphatic rings. The van der Waals surface area contributed by atoms with E-state index in [0.29, 0.717) is 10.8 Å². The molecule has 0 amide bonds. The van der Waals surface area contributed by atoms with Crippen LogP contribution in [0.4, 0.5) is 0 Å². The number of hydrogen-bond donors (Lipinski definition) is 1. The molecule has 4 unspecified atom stereocenters. The van der Waals surface area contributed by atoms with E-state index in [1.165, 1.54) is 57.8 Å². The number of hydrogen-bond acceptors (Lipinski definition) is 1. The Balaban J connectivity index is 0.00000124. The first-order chi connectivity index (χ1) is 14.3. The molecule has 0 aromatic carbocycles. The lowest BCUT2D eigenvalue weighted by Gasteiger charge is -2.58. The summed E-state index contributed by atoms with van der Waals surface area (Å²) in [6, 6.07) is 0. The maximum absolute atomic E-state index is 10.2. The zero-order valence-corrected chi connectivity index (χ0v) is 21.3. The fourth-order valence-electron chi connectivity index (χ4n) is 8.67. The summed E-state index contributed by atoms with van der Waals surface area (Å²) < 4.78 is 0. The molecule has 0 aromatic rings. The molecule has 1 N–H and O–H groups in total. The van der Waals surface area contributed by atoms with Crippen LogP contribution in [-0.2, 0) is 0 Å². The van der Waals surface area contributed by atoms with Gasteiger partial charge in [0.2, 0.25) is 0 Å². The van der Waals surface area contributed by atoms with E-state index < -0.39 is 0 Å². The van der Waals surface area contributed by atoms with Gasteiger partial charge in [-0.2, -0.15) is 0 Å². The highest BCUT2D eigenvalue weighted by molar-refractivity contribution is 5.25. The number of aliphatic hydroxyl groups excluding tert-OH is 1. The Morgan fingerprint density at radius 1 is 0.967 bits per heavy atom. The predicted octanol–water partition coefficient (Wildman–Crippen LogP) is 8.41. The Morgan fingerprint density at radius 2 is 1.70 bits per heavy atom. The van der Waals surface area contributed by atoms with Crippen LogP contribution in [0.2, 0.25) is 0 Å². The van der Waals surface area contributed by atoms with E-state index in [9.17, 15) is 5.11 Å². The zero-order chi connectivity index (χ0) is 22.1. The predicted molar refractivity (Wildman–Crippen MR) is 130 cm³/mol. The average molecular weight is 417 g/mol. The van der Waals surface area contributed by atoms with Gasteiger partial charge in [0.05, 0.1) is 6.10 Å². The molecule has 3 saturated carbocycles. The molecule has 8 atom stereocenters. The summed E-state index contributed by atoms with van der Waals surface area (Å²) in [6.45, 7) is 16.6. The van der Waals surface area contributed by atoms with Crippen LogP contribution in [0.5, 0.6) is 0 Å². The minimum atomic E-state index is -0.0766. The van der Waals surface area contributed by atoms with Crippen LogP contribution in [0.25, 0.3) is 0 Å². The van der Waals surface area contributed by atoms with Crippen molar-refractivity contribution in [3.05, 3.63) is 11.6 Å². The fourth-order valence-corrected chi connectivity index (χ4v) is 8.67. The molecule has 0 saturated heterocycles. The Hall–Kier alpha value is -0.300. The minimum Gasteiger partial charge on any atom is -0.393 e. The second-order valence-corrected chi connectivity index (χ2v) is 12.2. The van der Waals surface area contributed by atoms with Crippen LogP contribution in [0, 0.1) is 46.3 Å². The van der Waals surface area contributed by atoms with Gasteiger partial charge in [-0.25, -0.2) is 0 Å². The van der Waals surface area contributed by atoms with Gasteiger partial charge in [-0.05, 0) is 97.7 Å². The van der Waals surface area contributed by atoms with Crippen LogP contribution in [0.3, 0.4) is 0 Å². The zero-order valence-electron chi connectivity index (χ0n) is 21.3. The maximum Gasteiger partial charge on any atom is 0.0577 e. The molecule has 3 fully saturated rings. The average Bonchev–Trinajstić information content (AvgIpc) is 3.07. The Labute approximate surface area is 188 Å². The lowest BCUT2D eigenvalue weighted by Crippen LogP contribution is -2.50. The van der Waals surface area contributed by atoms with Crippen molar-refractivity contribution in [1.82, 2.24) is 0 Å². The SMILES string of the molecule is CC.CC(C)CCC[C@@H](C)C1CCC2C3CC=C4C[C@@H](O)CC[C@]4(C)C3CC[C@@]21C. The maximum atomic E-state index is 10.2. The summed E-state index contributed by atoms with van der Waals surface area (Å²) in [7, 11) is 0. The van der Waals surface area contributed by atoms with Crippen LogP contribution in [0.15, 0.2) is 11.6 Å². The third kappa shape index (κ3) is 4.31. The second-order valence-electron chi connectivity index (χ2n) is 12.2. The van der Waals surface area contributed by atoms with E-state index in [1.807, 2.05) is 13.8 Å². The second kappa shape index (κ2) is 9.68. The first kappa shape index (κ1) is 24.3. The van der Waals surface area contributed by atoms with Gasteiger partial charge in [-0.1, -0.05) is 79.4 Å². The van der Waals surface area contributed by atoms with Crippen LogP contribution in [0.1, 0.15) is 119 Å². The minimum absolute atomic E-state index is 0.0766. The van der Waals surface area contributed by atoms with Gasteiger partial charge in [0.15, 0.2) is 0 Å². The highest BCUT2D eigenvalue weighted by atomic mass is 16.3. The first-order valence-electron chi connectivity index (χ1n) is 13.6. The summed E-state index contributed by atoms with van der Waals surface area (Å²) in [4.78, 5) is 0. The van der Waals surface area contributed by atoms with Crippen molar-refractivity contribution in [2.45, 2.75) is 125 Å². The summed E-state index contributed by atoms with van der Waals surface area (Å²) in [5, 5.41) is 10.2. The monoisotopic (exact) mass is 416 g/mol. The van der Waals surface area contributed by atoms with Crippen molar-refractivity contribution in [2.24, 2.45) is 46.3 Å².